The lowest BCUT2D eigenvalue weighted by Crippen LogP contribution is -2.45. The lowest BCUT2D eigenvalue weighted by molar-refractivity contribution is 0.344. The Bertz CT molecular complexity index is 1070. The van der Waals surface area contributed by atoms with Crippen molar-refractivity contribution in [1.29, 1.82) is 0 Å². The molecule has 2 aliphatic rings. The van der Waals surface area contributed by atoms with Crippen LogP contribution in [0.25, 0.3) is 0 Å². The van der Waals surface area contributed by atoms with Gasteiger partial charge in [-0.1, -0.05) is 39.7 Å². The Morgan fingerprint density at radius 3 is 2.76 bits per heavy atom. The predicted octanol–water partition coefficient (Wildman–Crippen LogP) is 5.38. The van der Waals surface area contributed by atoms with Crippen molar-refractivity contribution in [2.75, 3.05) is 11.9 Å². The minimum Gasteiger partial charge on any atom is -0.378 e. The SMILES string of the molecule is C=C1CCCC2Nc3c(F)cc(Br)cc3C12CCNS(=O)(=O)c1ccc(Cl)cc1. The van der Waals surface area contributed by atoms with Gasteiger partial charge in [0, 0.05) is 27.5 Å². The molecule has 2 N–H and O–H groups in total. The van der Waals surface area contributed by atoms with Gasteiger partial charge in [0.05, 0.1) is 10.6 Å². The minimum absolute atomic E-state index is 0.00239. The standard InChI is InChI=1S/C21H21BrClFN2O2S/c1-13-3-2-4-19-21(13,17-11-14(22)12-18(24)20(17)26-19)9-10-25-29(27,28)16-7-5-15(23)6-8-16/h5-8,11-12,19,25-26H,1-4,9-10H2. The number of fused-ring (bicyclic) bond motifs is 3. The molecule has 0 bridgehead atoms. The van der Waals surface area contributed by atoms with Crippen LogP contribution in [0.15, 0.2) is 57.9 Å². The number of sulfonamides is 1. The number of hydrogen-bond acceptors (Lipinski definition) is 3. The maximum atomic E-state index is 14.6. The smallest absolute Gasteiger partial charge is 0.240 e. The zero-order valence-electron chi connectivity index (χ0n) is 15.6. The lowest BCUT2D eigenvalue weighted by Gasteiger charge is -2.42. The normalized spacial score (nSPS) is 23.4. The second-order valence-corrected chi connectivity index (χ2v) is 10.7. The third-order valence-electron chi connectivity index (χ3n) is 5.99. The number of benzene rings is 2. The van der Waals surface area contributed by atoms with E-state index in [0.29, 0.717) is 21.6 Å². The summed E-state index contributed by atoms with van der Waals surface area (Å²) >= 11 is 9.24. The van der Waals surface area contributed by atoms with Crippen LogP contribution in [-0.4, -0.2) is 21.0 Å². The van der Waals surface area contributed by atoms with Crippen LogP contribution in [0.1, 0.15) is 31.2 Å². The second kappa shape index (κ2) is 7.69. The molecule has 1 fully saturated rings. The Morgan fingerprint density at radius 1 is 1.31 bits per heavy atom. The number of halogens is 3. The Labute approximate surface area is 183 Å². The molecule has 0 saturated heterocycles. The van der Waals surface area contributed by atoms with Crippen molar-refractivity contribution < 1.29 is 12.8 Å². The van der Waals surface area contributed by atoms with E-state index in [1.165, 1.54) is 18.2 Å². The van der Waals surface area contributed by atoms with E-state index in [4.69, 9.17) is 11.6 Å². The van der Waals surface area contributed by atoms with Gasteiger partial charge in [-0.15, -0.1) is 0 Å². The molecule has 2 aromatic rings. The van der Waals surface area contributed by atoms with Gasteiger partial charge in [-0.05, 0) is 67.6 Å². The van der Waals surface area contributed by atoms with Crippen molar-refractivity contribution in [3.63, 3.8) is 0 Å². The van der Waals surface area contributed by atoms with Gasteiger partial charge in [0.2, 0.25) is 10.0 Å². The predicted molar refractivity (Wildman–Crippen MR) is 117 cm³/mol. The molecule has 2 aromatic carbocycles. The largest absolute Gasteiger partial charge is 0.378 e. The topological polar surface area (TPSA) is 58.2 Å². The molecule has 154 valence electrons. The molecule has 0 aromatic heterocycles. The van der Waals surface area contributed by atoms with Gasteiger partial charge < -0.3 is 5.32 Å². The third kappa shape index (κ3) is 3.63. The molecule has 4 nitrogen and oxygen atoms in total. The molecule has 1 aliphatic carbocycles. The van der Waals surface area contributed by atoms with Crippen LogP contribution >= 0.6 is 27.5 Å². The summed E-state index contributed by atoms with van der Waals surface area (Å²) < 4.78 is 43.3. The fraction of sp³-hybridized carbons (Fsp3) is 0.333. The first-order valence-electron chi connectivity index (χ1n) is 9.43. The molecule has 29 heavy (non-hydrogen) atoms. The van der Waals surface area contributed by atoms with E-state index in [1.54, 1.807) is 12.1 Å². The zero-order chi connectivity index (χ0) is 20.8. The molecule has 2 atom stereocenters. The highest BCUT2D eigenvalue weighted by Crippen LogP contribution is 2.54. The number of rotatable bonds is 5. The minimum atomic E-state index is -3.66. The average Bonchev–Trinajstić information content (AvgIpc) is 2.98. The van der Waals surface area contributed by atoms with E-state index in [1.807, 2.05) is 6.07 Å². The molecular formula is C21H21BrClFN2O2S. The number of anilines is 1. The molecule has 8 heteroatoms. The van der Waals surface area contributed by atoms with Gasteiger partial charge in [-0.25, -0.2) is 17.5 Å². The maximum Gasteiger partial charge on any atom is 0.240 e. The van der Waals surface area contributed by atoms with Gasteiger partial charge >= 0.3 is 0 Å². The molecule has 0 spiro atoms. The van der Waals surface area contributed by atoms with Gasteiger partial charge in [-0.3, -0.25) is 0 Å². The third-order valence-corrected chi connectivity index (χ3v) is 8.17. The van der Waals surface area contributed by atoms with Crippen molar-refractivity contribution in [3.05, 3.63) is 69.4 Å². The summed E-state index contributed by atoms with van der Waals surface area (Å²) in [7, 11) is -3.66. The van der Waals surface area contributed by atoms with Gasteiger partial charge in [0.15, 0.2) is 0 Å². The molecule has 1 heterocycles. The van der Waals surface area contributed by atoms with Crippen LogP contribution in [0, 0.1) is 5.82 Å². The summed E-state index contributed by atoms with van der Waals surface area (Å²) in [6.45, 7) is 4.52. The van der Waals surface area contributed by atoms with Crippen LogP contribution in [0.3, 0.4) is 0 Å². The summed E-state index contributed by atoms with van der Waals surface area (Å²) in [5.74, 6) is -0.308. The van der Waals surface area contributed by atoms with Crippen LogP contribution in [0.5, 0.6) is 0 Å². The van der Waals surface area contributed by atoms with Crippen molar-refractivity contribution >= 4 is 43.2 Å². The van der Waals surface area contributed by atoms with Crippen LogP contribution in [-0.2, 0) is 15.4 Å². The second-order valence-electron chi connectivity index (χ2n) is 7.58. The fourth-order valence-electron chi connectivity index (χ4n) is 4.62. The molecule has 1 aliphatic heterocycles. The summed E-state index contributed by atoms with van der Waals surface area (Å²) in [5, 5.41) is 3.82. The molecule has 2 unspecified atom stereocenters. The molecule has 0 amide bonds. The summed E-state index contributed by atoms with van der Waals surface area (Å²) in [6.07, 6.45) is 3.20. The van der Waals surface area contributed by atoms with Crippen LogP contribution in [0.4, 0.5) is 10.1 Å². The summed E-state index contributed by atoms with van der Waals surface area (Å²) in [4.78, 5) is 0.164. The van der Waals surface area contributed by atoms with E-state index >= 15 is 0 Å². The van der Waals surface area contributed by atoms with Gasteiger partial charge in [0.25, 0.3) is 0 Å². The zero-order valence-corrected chi connectivity index (χ0v) is 18.8. The van der Waals surface area contributed by atoms with Crippen LogP contribution < -0.4 is 10.0 Å². The number of nitrogens with one attached hydrogen (secondary N) is 2. The molecular weight excluding hydrogens is 479 g/mol. The Morgan fingerprint density at radius 2 is 2.03 bits per heavy atom. The Balaban J connectivity index is 1.62. The average molecular weight is 500 g/mol. The van der Waals surface area contributed by atoms with Crippen molar-refractivity contribution in [2.24, 2.45) is 0 Å². The van der Waals surface area contributed by atoms with E-state index in [9.17, 15) is 12.8 Å². The maximum absolute atomic E-state index is 14.6. The Hall–Kier alpha value is -1.41. The fourth-order valence-corrected chi connectivity index (χ4v) is 6.21. The Kier molecular flexibility index (Phi) is 5.53. The van der Waals surface area contributed by atoms with Gasteiger partial charge in [-0.2, -0.15) is 0 Å². The highest BCUT2D eigenvalue weighted by atomic mass is 79.9. The quantitative estimate of drug-likeness (QED) is 0.543. The van der Waals surface area contributed by atoms with E-state index in [2.05, 4.69) is 32.5 Å². The molecule has 0 radical (unpaired) electrons. The highest BCUT2D eigenvalue weighted by molar-refractivity contribution is 9.10. The summed E-state index contributed by atoms with van der Waals surface area (Å²) in [5.41, 5.74) is 1.87. The summed E-state index contributed by atoms with van der Waals surface area (Å²) in [6, 6.07) is 9.42. The first-order valence-corrected chi connectivity index (χ1v) is 12.1. The van der Waals surface area contributed by atoms with E-state index in [0.717, 1.165) is 30.4 Å². The monoisotopic (exact) mass is 498 g/mol. The van der Waals surface area contributed by atoms with E-state index in [-0.39, 0.29) is 23.3 Å². The van der Waals surface area contributed by atoms with Crippen molar-refractivity contribution in [2.45, 2.75) is 42.0 Å². The lowest BCUT2D eigenvalue weighted by atomic mass is 9.63. The van der Waals surface area contributed by atoms with Crippen molar-refractivity contribution in [3.8, 4) is 0 Å². The first-order chi connectivity index (χ1) is 13.7. The van der Waals surface area contributed by atoms with E-state index < -0.39 is 15.4 Å². The molecule has 1 saturated carbocycles. The first kappa shape index (κ1) is 20.8. The van der Waals surface area contributed by atoms with Crippen LogP contribution in [0.2, 0.25) is 5.02 Å². The number of hydrogen-bond donors (Lipinski definition) is 2. The van der Waals surface area contributed by atoms with Crippen molar-refractivity contribution in [1.82, 2.24) is 4.72 Å². The molecule has 4 rings (SSSR count). The van der Waals surface area contributed by atoms with Gasteiger partial charge in [0.1, 0.15) is 5.82 Å². The highest BCUT2D eigenvalue weighted by Gasteiger charge is 2.50.